The van der Waals surface area contributed by atoms with Crippen LogP contribution in [0.1, 0.15) is 303 Å². The largest absolute Gasteiger partial charge is 0.756 e. The van der Waals surface area contributed by atoms with Crippen LogP contribution >= 0.6 is 7.82 Å². The van der Waals surface area contributed by atoms with E-state index in [0.717, 1.165) is 122 Å². The first-order valence-corrected chi connectivity index (χ1v) is 36.0. The van der Waals surface area contributed by atoms with Crippen LogP contribution in [0.3, 0.4) is 0 Å². The van der Waals surface area contributed by atoms with E-state index in [1.807, 2.05) is 33.3 Å². The van der Waals surface area contributed by atoms with Crippen LogP contribution in [0.5, 0.6) is 0 Å². The summed E-state index contributed by atoms with van der Waals surface area (Å²) in [7, 11) is 1.17. The van der Waals surface area contributed by atoms with Gasteiger partial charge in [0.2, 0.25) is 5.91 Å². The molecule has 0 aromatic carbocycles. The van der Waals surface area contributed by atoms with E-state index < -0.39 is 26.6 Å². The summed E-state index contributed by atoms with van der Waals surface area (Å²) in [4.78, 5) is 40.2. The molecule has 0 spiro atoms. The van der Waals surface area contributed by atoms with Gasteiger partial charge in [-0.15, -0.1) is 0 Å². The average Bonchev–Trinajstić information content (AvgIpc) is 3.46. The second-order valence-corrected chi connectivity index (χ2v) is 25.7. The number of hydrogen-bond donors (Lipinski definition) is 1. The second kappa shape index (κ2) is 62.0. The van der Waals surface area contributed by atoms with Crippen LogP contribution in [0.4, 0.5) is 0 Å². The SMILES string of the molecule is CCCCC/C=C\C/C=C\C/C=C\C/C=C\CCCCCCCCCCCC(=O)NC(COP(=O)([O-])OCC[N+](C)(C)C)C(/C=C\CCCCCCCCCCCCC)OC(=O)CCCCCCCC/C=C\C/C=C\C/C=C\CCCCC. The summed E-state index contributed by atoms with van der Waals surface area (Å²) in [6.45, 7) is 6.79. The summed E-state index contributed by atoms with van der Waals surface area (Å²) < 4.78 is 30.4. The number of quaternary nitrogens is 1. The number of likely N-dealkylation sites (N-methyl/N-ethyl adjacent to an activating group) is 1. The Morgan fingerprint density at radius 2 is 0.735 bits per heavy atom. The van der Waals surface area contributed by atoms with Gasteiger partial charge in [0.15, 0.2) is 0 Å². The Morgan fingerprint density at radius 3 is 1.12 bits per heavy atom. The topological polar surface area (TPSA) is 114 Å². The Kier molecular flexibility index (Phi) is 59.7. The molecule has 9 nitrogen and oxygen atoms in total. The number of carbonyl (C=O) groups is 2. The molecule has 0 aliphatic heterocycles. The minimum absolute atomic E-state index is 0.0298. The molecule has 0 heterocycles. The molecule has 1 N–H and O–H groups in total. The highest BCUT2D eigenvalue weighted by molar-refractivity contribution is 7.45. The van der Waals surface area contributed by atoms with Gasteiger partial charge in [0.05, 0.1) is 33.8 Å². The lowest BCUT2D eigenvalue weighted by Crippen LogP contribution is -2.47. The number of carbonyl (C=O) groups excluding carboxylic acids is 2. The van der Waals surface area contributed by atoms with E-state index >= 15 is 0 Å². The molecule has 0 aromatic rings. The van der Waals surface area contributed by atoms with Gasteiger partial charge in [-0.1, -0.05) is 272 Å². The summed E-state index contributed by atoms with van der Waals surface area (Å²) in [6, 6.07) is -0.904. The molecule has 0 bridgehead atoms. The fraction of sp³-hybridized carbons (Fsp3) is 0.753. The van der Waals surface area contributed by atoms with Crippen molar-refractivity contribution < 1.29 is 37.3 Å². The maximum atomic E-state index is 13.6. The number of amides is 1. The van der Waals surface area contributed by atoms with Crippen molar-refractivity contribution in [2.24, 2.45) is 0 Å². The molecule has 480 valence electrons. The number of phosphoric acid groups is 1. The van der Waals surface area contributed by atoms with Gasteiger partial charge in [0.1, 0.15) is 19.3 Å². The van der Waals surface area contributed by atoms with Crippen molar-refractivity contribution in [2.75, 3.05) is 40.9 Å². The standard InChI is InChI=1S/C73H131N2O7P/c1-7-10-13-16-19-22-25-28-30-32-34-35-36-37-38-39-41-42-44-47-50-53-56-59-62-65-72(76)74-70(69-81-83(78,79)80-68-67-75(4,5)6)71(64-61-58-55-52-49-46-27-24-21-18-15-12-9-3)82-73(77)66-63-60-57-54-51-48-45-43-40-33-31-29-26-23-20-17-14-11-8-2/h19-20,22-23,28-31,34-35,37-38,40,43,61,64,70-71H,7-18,21,24-27,32-33,36,39,41-42,44-60,62-63,65-69H2,1-6H3,(H-,74,76,78,79)/b22-19-,23-20-,30-28-,31-29-,35-34-,38-37-,43-40-,64-61-. The molecule has 3 atom stereocenters. The predicted octanol–water partition coefficient (Wildman–Crippen LogP) is 21.3. The normalized spacial score (nSPS) is 14.2. The molecule has 0 rings (SSSR count). The first-order valence-electron chi connectivity index (χ1n) is 34.5. The maximum Gasteiger partial charge on any atom is 0.306 e. The fourth-order valence-corrected chi connectivity index (χ4v) is 10.4. The van der Waals surface area contributed by atoms with Crippen LogP contribution in [0, 0.1) is 0 Å². The van der Waals surface area contributed by atoms with Crippen molar-refractivity contribution >= 4 is 19.7 Å². The first kappa shape index (κ1) is 79.9. The van der Waals surface area contributed by atoms with Crippen LogP contribution in [0.25, 0.3) is 0 Å². The van der Waals surface area contributed by atoms with Crippen LogP contribution in [-0.2, 0) is 27.9 Å². The third-order valence-electron chi connectivity index (χ3n) is 15.0. The second-order valence-electron chi connectivity index (χ2n) is 24.3. The molecule has 0 aliphatic carbocycles. The van der Waals surface area contributed by atoms with Crippen molar-refractivity contribution in [3.05, 3.63) is 97.2 Å². The zero-order valence-corrected chi connectivity index (χ0v) is 55.8. The van der Waals surface area contributed by atoms with E-state index in [-0.39, 0.29) is 24.9 Å². The van der Waals surface area contributed by atoms with Gasteiger partial charge in [-0.3, -0.25) is 14.2 Å². The lowest BCUT2D eigenvalue weighted by Gasteiger charge is -2.30. The van der Waals surface area contributed by atoms with E-state index in [2.05, 4.69) is 111 Å². The molecule has 0 radical (unpaired) electrons. The number of hydrogen-bond acceptors (Lipinski definition) is 7. The highest BCUT2D eigenvalue weighted by atomic mass is 31.2. The van der Waals surface area contributed by atoms with Gasteiger partial charge in [-0.05, 0) is 115 Å². The van der Waals surface area contributed by atoms with Crippen molar-refractivity contribution in [1.29, 1.82) is 0 Å². The summed E-state index contributed by atoms with van der Waals surface area (Å²) in [5.41, 5.74) is 0. The van der Waals surface area contributed by atoms with Gasteiger partial charge >= 0.3 is 5.97 Å². The number of nitrogens with one attached hydrogen (secondary N) is 1. The van der Waals surface area contributed by atoms with Crippen molar-refractivity contribution in [3.8, 4) is 0 Å². The minimum atomic E-state index is -4.71. The monoisotopic (exact) mass is 1180 g/mol. The molecule has 0 fully saturated rings. The highest BCUT2D eigenvalue weighted by Crippen LogP contribution is 2.38. The zero-order valence-electron chi connectivity index (χ0n) is 54.9. The number of rotatable bonds is 62. The lowest BCUT2D eigenvalue weighted by atomic mass is 10.0. The van der Waals surface area contributed by atoms with Gasteiger partial charge in [-0.25, -0.2) is 0 Å². The molecule has 0 aliphatic rings. The molecule has 1 amide bonds. The van der Waals surface area contributed by atoms with Gasteiger partial charge in [0, 0.05) is 12.8 Å². The third-order valence-corrected chi connectivity index (χ3v) is 16.0. The highest BCUT2D eigenvalue weighted by Gasteiger charge is 2.27. The Morgan fingerprint density at radius 1 is 0.422 bits per heavy atom. The van der Waals surface area contributed by atoms with E-state index in [1.165, 1.54) is 141 Å². The van der Waals surface area contributed by atoms with Crippen LogP contribution in [-0.4, -0.2) is 69.4 Å². The maximum absolute atomic E-state index is 13.6. The van der Waals surface area contributed by atoms with Gasteiger partial charge in [0.25, 0.3) is 7.82 Å². The van der Waals surface area contributed by atoms with Gasteiger partial charge < -0.3 is 28.5 Å². The molecule has 3 unspecified atom stereocenters. The number of allylic oxidation sites excluding steroid dienone is 15. The molecule has 0 saturated heterocycles. The fourth-order valence-electron chi connectivity index (χ4n) is 9.63. The molecule has 83 heavy (non-hydrogen) atoms. The molecule has 0 saturated carbocycles. The lowest BCUT2D eigenvalue weighted by molar-refractivity contribution is -0.870. The Bertz CT molecular complexity index is 1740. The quantitative estimate of drug-likeness (QED) is 0.0212. The Labute approximate surface area is 513 Å². The van der Waals surface area contributed by atoms with E-state index in [1.54, 1.807) is 0 Å². The van der Waals surface area contributed by atoms with Crippen LogP contribution < -0.4 is 10.2 Å². The van der Waals surface area contributed by atoms with Crippen molar-refractivity contribution in [1.82, 2.24) is 5.32 Å². The summed E-state index contributed by atoms with van der Waals surface area (Å²) in [5, 5.41) is 3.04. The van der Waals surface area contributed by atoms with Gasteiger partial charge in [-0.2, -0.15) is 0 Å². The number of phosphoric ester groups is 1. The zero-order chi connectivity index (χ0) is 60.7. The third kappa shape index (κ3) is 63.3. The number of esters is 1. The molecule has 10 heteroatoms. The summed E-state index contributed by atoms with van der Waals surface area (Å²) in [6.07, 6.45) is 83.7. The van der Waals surface area contributed by atoms with E-state index in [0.29, 0.717) is 23.9 Å². The summed E-state index contributed by atoms with van der Waals surface area (Å²) in [5.74, 6) is -0.560. The summed E-state index contributed by atoms with van der Waals surface area (Å²) >= 11 is 0. The van der Waals surface area contributed by atoms with E-state index in [4.69, 9.17) is 13.8 Å². The number of ether oxygens (including phenoxy) is 1. The molecular formula is C73H131N2O7P. The Hall–Kier alpha value is -3.07. The van der Waals surface area contributed by atoms with Crippen LogP contribution in [0.15, 0.2) is 97.2 Å². The predicted molar refractivity (Wildman–Crippen MR) is 358 cm³/mol. The number of nitrogens with zero attached hydrogens (tertiary/aromatic N) is 1. The van der Waals surface area contributed by atoms with E-state index in [9.17, 15) is 19.0 Å². The minimum Gasteiger partial charge on any atom is -0.756 e. The molecule has 0 aromatic heterocycles. The van der Waals surface area contributed by atoms with Crippen molar-refractivity contribution in [3.63, 3.8) is 0 Å². The van der Waals surface area contributed by atoms with Crippen molar-refractivity contribution in [2.45, 2.75) is 315 Å². The number of unbranched alkanes of at least 4 members (excludes halogenated alkanes) is 32. The van der Waals surface area contributed by atoms with Crippen LogP contribution in [0.2, 0.25) is 0 Å². The molecular weight excluding hydrogens is 1050 g/mol. The first-order chi connectivity index (χ1) is 40.4. The Balaban J connectivity index is 5.19. The smallest absolute Gasteiger partial charge is 0.306 e. The average molecular weight is 1180 g/mol.